The van der Waals surface area contributed by atoms with E-state index in [4.69, 9.17) is 8.85 Å². The van der Waals surface area contributed by atoms with E-state index in [2.05, 4.69) is 0 Å². The minimum Gasteiger partial charge on any atom is -0.394 e. The Balaban J connectivity index is 2.94. The maximum atomic E-state index is 13.1. The van der Waals surface area contributed by atoms with Crippen LogP contribution in [0.3, 0.4) is 0 Å². The van der Waals surface area contributed by atoms with E-state index in [9.17, 15) is 13.2 Å². The molecule has 2 nitrogen and oxygen atoms in total. The lowest BCUT2D eigenvalue weighted by Gasteiger charge is -2.26. The number of hydrogen-bond acceptors (Lipinski definition) is 2. The van der Waals surface area contributed by atoms with Crippen molar-refractivity contribution < 1.29 is 22.0 Å². The van der Waals surface area contributed by atoms with Gasteiger partial charge in [0.05, 0.1) is 0 Å². The highest BCUT2D eigenvalue weighted by Crippen LogP contribution is 2.19. The third kappa shape index (κ3) is 3.83. The van der Waals surface area contributed by atoms with E-state index in [1.54, 1.807) is 0 Å². The minimum atomic E-state index is -2.51. The SMILES string of the molecule is CCO[Si](C)(Cc1cc(F)c(F)c(F)c1)OCC. The second-order valence-corrected chi connectivity index (χ2v) is 7.25. The lowest BCUT2D eigenvalue weighted by molar-refractivity contribution is 0.188. The molecule has 0 saturated carbocycles. The van der Waals surface area contributed by atoms with Gasteiger partial charge in [-0.25, -0.2) is 13.2 Å². The van der Waals surface area contributed by atoms with Gasteiger partial charge in [0.25, 0.3) is 0 Å². The van der Waals surface area contributed by atoms with Gasteiger partial charge in [0.15, 0.2) is 17.5 Å². The highest BCUT2D eigenvalue weighted by molar-refractivity contribution is 6.65. The zero-order valence-corrected chi connectivity index (χ0v) is 11.7. The first-order valence-corrected chi connectivity index (χ1v) is 8.35. The van der Waals surface area contributed by atoms with Gasteiger partial charge in [0.1, 0.15) is 0 Å². The molecular formula is C12H17F3O2Si. The quantitative estimate of drug-likeness (QED) is 0.587. The van der Waals surface area contributed by atoms with E-state index in [0.717, 1.165) is 12.1 Å². The summed E-state index contributed by atoms with van der Waals surface area (Å²) in [7, 11) is -2.51. The van der Waals surface area contributed by atoms with E-state index in [-0.39, 0.29) is 6.04 Å². The Morgan fingerprint density at radius 1 is 1.00 bits per heavy atom. The summed E-state index contributed by atoms with van der Waals surface area (Å²) < 4.78 is 50.2. The second-order valence-electron chi connectivity index (χ2n) is 4.05. The number of halogens is 3. The lowest BCUT2D eigenvalue weighted by Crippen LogP contribution is -2.41. The van der Waals surface area contributed by atoms with Crippen LogP contribution in [0.2, 0.25) is 6.55 Å². The molecule has 0 fully saturated rings. The molecule has 0 heterocycles. The fourth-order valence-corrected chi connectivity index (χ4v) is 4.29. The van der Waals surface area contributed by atoms with Crippen LogP contribution in [0.1, 0.15) is 19.4 Å². The molecule has 0 aliphatic carbocycles. The zero-order chi connectivity index (χ0) is 13.8. The van der Waals surface area contributed by atoms with E-state index in [0.29, 0.717) is 18.8 Å². The summed E-state index contributed by atoms with van der Waals surface area (Å²) in [5.74, 6) is -3.82. The summed E-state index contributed by atoms with van der Waals surface area (Å²) in [6.45, 7) is 6.41. The predicted molar refractivity (Wildman–Crippen MR) is 64.9 cm³/mol. The van der Waals surface area contributed by atoms with E-state index < -0.39 is 26.0 Å². The summed E-state index contributed by atoms with van der Waals surface area (Å²) >= 11 is 0. The van der Waals surface area contributed by atoms with Gasteiger partial charge < -0.3 is 8.85 Å². The van der Waals surface area contributed by atoms with Gasteiger partial charge in [-0.1, -0.05) is 0 Å². The maximum Gasteiger partial charge on any atom is 0.339 e. The predicted octanol–water partition coefficient (Wildman–Crippen LogP) is 3.33. The van der Waals surface area contributed by atoms with Crippen molar-refractivity contribution in [2.24, 2.45) is 0 Å². The monoisotopic (exact) mass is 278 g/mol. The molecule has 0 atom stereocenters. The van der Waals surface area contributed by atoms with Crippen molar-refractivity contribution in [3.8, 4) is 0 Å². The molecule has 0 amide bonds. The molecule has 6 heteroatoms. The Kier molecular flexibility index (Phi) is 5.37. The van der Waals surface area contributed by atoms with Crippen molar-refractivity contribution in [1.82, 2.24) is 0 Å². The molecule has 102 valence electrons. The highest BCUT2D eigenvalue weighted by atomic mass is 28.4. The number of rotatable bonds is 6. The first-order chi connectivity index (χ1) is 8.41. The number of hydrogen-bond donors (Lipinski definition) is 0. The first kappa shape index (κ1) is 15.2. The second kappa shape index (κ2) is 6.35. The van der Waals surface area contributed by atoms with Crippen LogP contribution in [-0.4, -0.2) is 21.8 Å². The average Bonchev–Trinajstić information content (AvgIpc) is 2.26. The Bertz CT molecular complexity index is 383. The van der Waals surface area contributed by atoms with Crippen LogP contribution in [0.25, 0.3) is 0 Å². The molecule has 0 unspecified atom stereocenters. The van der Waals surface area contributed by atoms with Gasteiger partial charge in [0, 0.05) is 19.3 Å². The van der Waals surface area contributed by atoms with Gasteiger partial charge in [-0.2, -0.15) is 0 Å². The maximum absolute atomic E-state index is 13.1. The van der Waals surface area contributed by atoms with E-state index in [1.165, 1.54) is 0 Å². The van der Waals surface area contributed by atoms with Crippen molar-refractivity contribution in [1.29, 1.82) is 0 Å². The van der Waals surface area contributed by atoms with Crippen molar-refractivity contribution in [3.05, 3.63) is 35.1 Å². The molecule has 1 rings (SSSR count). The average molecular weight is 278 g/mol. The van der Waals surface area contributed by atoms with Crippen LogP contribution in [0.15, 0.2) is 12.1 Å². The van der Waals surface area contributed by atoms with Gasteiger partial charge in [-0.3, -0.25) is 0 Å². The van der Waals surface area contributed by atoms with E-state index in [1.807, 2.05) is 20.4 Å². The van der Waals surface area contributed by atoms with Crippen LogP contribution < -0.4 is 0 Å². The van der Waals surface area contributed by atoms with Crippen LogP contribution in [0, 0.1) is 17.5 Å². The molecule has 1 aromatic carbocycles. The molecule has 0 aromatic heterocycles. The van der Waals surface area contributed by atoms with Crippen molar-refractivity contribution >= 4 is 8.56 Å². The first-order valence-electron chi connectivity index (χ1n) is 5.83. The topological polar surface area (TPSA) is 18.5 Å². The Labute approximate surface area is 106 Å². The summed E-state index contributed by atoms with van der Waals surface area (Å²) in [4.78, 5) is 0. The molecule has 0 aliphatic heterocycles. The zero-order valence-electron chi connectivity index (χ0n) is 10.7. The molecule has 1 aromatic rings. The van der Waals surface area contributed by atoms with Gasteiger partial charge in [-0.05, 0) is 38.1 Å². The summed E-state index contributed by atoms with van der Waals surface area (Å²) in [6, 6.07) is 2.26. The Hall–Kier alpha value is -0.853. The van der Waals surface area contributed by atoms with Crippen molar-refractivity contribution in [3.63, 3.8) is 0 Å². The minimum absolute atomic E-state index is 0.281. The van der Waals surface area contributed by atoms with E-state index >= 15 is 0 Å². The fourth-order valence-electron chi connectivity index (χ4n) is 1.84. The Morgan fingerprint density at radius 2 is 1.44 bits per heavy atom. The third-order valence-corrected chi connectivity index (χ3v) is 5.32. The normalized spacial score (nSPS) is 11.9. The van der Waals surface area contributed by atoms with Crippen LogP contribution in [-0.2, 0) is 14.9 Å². The standard InChI is InChI=1S/C12H17F3O2Si/c1-4-16-18(3,17-5-2)8-9-6-10(13)12(15)11(14)7-9/h6-7H,4-5,8H2,1-3H3. The van der Waals surface area contributed by atoms with Crippen LogP contribution in [0.4, 0.5) is 13.2 Å². The third-order valence-electron chi connectivity index (χ3n) is 2.47. The molecule has 0 radical (unpaired) electrons. The van der Waals surface area contributed by atoms with Gasteiger partial charge >= 0.3 is 8.56 Å². The van der Waals surface area contributed by atoms with Crippen LogP contribution in [0.5, 0.6) is 0 Å². The lowest BCUT2D eigenvalue weighted by atomic mass is 10.2. The number of benzene rings is 1. The Morgan fingerprint density at radius 3 is 1.83 bits per heavy atom. The van der Waals surface area contributed by atoms with Gasteiger partial charge in [0.2, 0.25) is 0 Å². The molecule has 0 N–H and O–H groups in total. The largest absolute Gasteiger partial charge is 0.394 e. The molecule has 0 aliphatic rings. The van der Waals surface area contributed by atoms with Crippen LogP contribution >= 0.6 is 0 Å². The smallest absolute Gasteiger partial charge is 0.339 e. The highest BCUT2D eigenvalue weighted by Gasteiger charge is 2.31. The molecular weight excluding hydrogens is 261 g/mol. The summed E-state index contributed by atoms with van der Waals surface area (Å²) in [5, 5.41) is 0. The fraction of sp³-hybridized carbons (Fsp3) is 0.500. The van der Waals surface area contributed by atoms with Gasteiger partial charge in [-0.15, -0.1) is 0 Å². The molecule has 0 saturated heterocycles. The van der Waals surface area contributed by atoms with Crippen molar-refractivity contribution in [2.45, 2.75) is 26.4 Å². The molecule has 18 heavy (non-hydrogen) atoms. The summed E-state index contributed by atoms with van der Waals surface area (Å²) in [6.07, 6.45) is 0. The molecule has 0 spiro atoms. The summed E-state index contributed by atoms with van der Waals surface area (Å²) in [5.41, 5.74) is 0.350. The van der Waals surface area contributed by atoms with Crippen molar-refractivity contribution in [2.75, 3.05) is 13.2 Å². The molecule has 0 bridgehead atoms.